The summed E-state index contributed by atoms with van der Waals surface area (Å²) in [5, 5.41) is 12.6. The minimum absolute atomic E-state index is 0.0474. The first-order valence-electron chi connectivity index (χ1n) is 7.94. The SMILES string of the molecule is Cc1nn(CC(=O)N(CC2CCCO2)c2ccnnc2)c(C)c1Cl. The van der Waals surface area contributed by atoms with E-state index in [1.54, 1.807) is 28.0 Å². The van der Waals surface area contributed by atoms with Crippen LogP contribution >= 0.6 is 11.6 Å². The summed E-state index contributed by atoms with van der Waals surface area (Å²) in [5.74, 6) is -0.0826. The molecule has 0 bridgehead atoms. The van der Waals surface area contributed by atoms with Gasteiger partial charge in [-0.15, -0.1) is 0 Å². The lowest BCUT2D eigenvalue weighted by atomic mass is 10.2. The number of ether oxygens (including phenoxy) is 1. The van der Waals surface area contributed by atoms with Crippen LogP contribution in [-0.2, 0) is 16.1 Å². The number of carbonyl (C=O) groups excluding carboxylic acids is 1. The molecule has 1 aliphatic heterocycles. The van der Waals surface area contributed by atoms with Gasteiger partial charge in [-0.25, -0.2) is 0 Å². The maximum Gasteiger partial charge on any atom is 0.248 e. The molecular formula is C16H20ClN5O2. The second-order valence-corrected chi connectivity index (χ2v) is 6.26. The highest BCUT2D eigenvalue weighted by Crippen LogP contribution is 2.21. The van der Waals surface area contributed by atoms with E-state index in [1.165, 1.54) is 0 Å². The average molecular weight is 350 g/mol. The summed E-state index contributed by atoms with van der Waals surface area (Å²) in [7, 11) is 0. The lowest BCUT2D eigenvalue weighted by Crippen LogP contribution is -2.39. The second kappa shape index (κ2) is 7.27. The summed E-state index contributed by atoms with van der Waals surface area (Å²) in [4.78, 5) is 14.6. The molecule has 1 saturated heterocycles. The van der Waals surface area contributed by atoms with Crippen LogP contribution in [0.5, 0.6) is 0 Å². The number of halogens is 1. The number of anilines is 1. The molecule has 2 aromatic heterocycles. The first-order valence-corrected chi connectivity index (χ1v) is 8.32. The Balaban J connectivity index is 1.81. The Labute approximate surface area is 145 Å². The number of amides is 1. The molecule has 0 aliphatic carbocycles. The molecule has 0 spiro atoms. The number of hydrogen-bond donors (Lipinski definition) is 0. The highest BCUT2D eigenvalue weighted by molar-refractivity contribution is 6.31. The number of carbonyl (C=O) groups is 1. The zero-order valence-corrected chi connectivity index (χ0v) is 14.5. The van der Waals surface area contributed by atoms with Crippen molar-refractivity contribution >= 4 is 23.2 Å². The molecule has 3 heterocycles. The van der Waals surface area contributed by atoms with Gasteiger partial charge in [0.1, 0.15) is 6.54 Å². The molecule has 1 fully saturated rings. The third-order valence-electron chi connectivity index (χ3n) is 4.17. The largest absolute Gasteiger partial charge is 0.376 e. The summed E-state index contributed by atoms with van der Waals surface area (Å²) in [6, 6.07) is 1.77. The lowest BCUT2D eigenvalue weighted by molar-refractivity contribution is -0.119. The van der Waals surface area contributed by atoms with Gasteiger partial charge < -0.3 is 9.64 Å². The minimum atomic E-state index is -0.0826. The van der Waals surface area contributed by atoms with Gasteiger partial charge in [0.05, 0.1) is 47.1 Å². The van der Waals surface area contributed by atoms with Gasteiger partial charge in [0.15, 0.2) is 0 Å². The molecule has 1 aliphatic rings. The van der Waals surface area contributed by atoms with Crippen LogP contribution in [0.3, 0.4) is 0 Å². The van der Waals surface area contributed by atoms with Crippen LogP contribution in [0.15, 0.2) is 18.5 Å². The van der Waals surface area contributed by atoms with Gasteiger partial charge in [0.2, 0.25) is 5.91 Å². The number of nitrogens with zero attached hydrogens (tertiary/aromatic N) is 5. The van der Waals surface area contributed by atoms with Crippen LogP contribution in [-0.4, -0.2) is 45.1 Å². The van der Waals surface area contributed by atoms with Gasteiger partial charge in [-0.3, -0.25) is 9.48 Å². The highest BCUT2D eigenvalue weighted by atomic mass is 35.5. The van der Waals surface area contributed by atoms with E-state index in [2.05, 4.69) is 15.3 Å². The van der Waals surface area contributed by atoms with Crippen molar-refractivity contribution in [2.75, 3.05) is 18.1 Å². The fourth-order valence-corrected chi connectivity index (χ4v) is 2.96. The summed E-state index contributed by atoms with van der Waals surface area (Å²) < 4.78 is 7.31. The maximum absolute atomic E-state index is 12.9. The monoisotopic (exact) mass is 349 g/mol. The lowest BCUT2D eigenvalue weighted by Gasteiger charge is -2.25. The van der Waals surface area contributed by atoms with E-state index < -0.39 is 0 Å². The second-order valence-electron chi connectivity index (χ2n) is 5.88. The molecule has 1 amide bonds. The van der Waals surface area contributed by atoms with E-state index in [4.69, 9.17) is 16.3 Å². The number of aromatic nitrogens is 4. The Morgan fingerprint density at radius 1 is 1.46 bits per heavy atom. The normalized spacial score (nSPS) is 17.2. The molecule has 0 aromatic carbocycles. The third-order valence-corrected chi connectivity index (χ3v) is 4.72. The van der Waals surface area contributed by atoms with Gasteiger partial charge >= 0.3 is 0 Å². The van der Waals surface area contributed by atoms with Gasteiger partial charge in [-0.1, -0.05) is 11.6 Å². The van der Waals surface area contributed by atoms with Crippen LogP contribution in [0.2, 0.25) is 5.02 Å². The topological polar surface area (TPSA) is 73.1 Å². The van der Waals surface area contributed by atoms with Gasteiger partial charge in [-0.2, -0.15) is 15.3 Å². The number of hydrogen-bond acceptors (Lipinski definition) is 5. The summed E-state index contributed by atoms with van der Waals surface area (Å²) in [5.41, 5.74) is 2.21. The van der Waals surface area contributed by atoms with Crippen molar-refractivity contribution in [2.45, 2.75) is 39.3 Å². The highest BCUT2D eigenvalue weighted by Gasteiger charge is 2.25. The third kappa shape index (κ3) is 3.57. The van der Waals surface area contributed by atoms with Crippen molar-refractivity contribution in [2.24, 2.45) is 0 Å². The molecule has 0 saturated carbocycles. The number of aryl methyl sites for hydroxylation is 1. The van der Waals surface area contributed by atoms with Crippen LogP contribution in [0.4, 0.5) is 5.69 Å². The molecule has 7 nitrogen and oxygen atoms in total. The summed E-state index contributed by atoms with van der Waals surface area (Å²) in [6.45, 7) is 5.04. The van der Waals surface area contributed by atoms with Crippen LogP contribution in [0, 0.1) is 13.8 Å². The fraction of sp³-hybridized carbons (Fsp3) is 0.500. The summed E-state index contributed by atoms with van der Waals surface area (Å²) in [6.07, 6.45) is 5.18. The standard InChI is InChI=1S/C16H20ClN5O2/c1-11-16(17)12(2)22(20-11)10-15(23)21(9-14-4-3-7-24-14)13-5-6-18-19-8-13/h5-6,8,14H,3-4,7,9-10H2,1-2H3. The van der Waals surface area contributed by atoms with Crippen LogP contribution < -0.4 is 4.90 Å². The Kier molecular flexibility index (Phi) is 5.11. The van der Waals surface area contributed by atoms with E-state index in [0.29, 0.717) is 17.3 Å². The van der Waals surface area contributed by atoms with Crippen molar-refractivity contribution in [3.8, 4) is 0 Å². The zero-order valence-electron chi connectivity index (χ0n) is 13.8. The zero-order chi connectivity index (χ0) is 17.1. The summed E-state index contributed by atoms with van der Waals surface area (Å²) >= 11 is 6.17. The average Bonchev–Trinajstić information content (AvgIpc) is 3.18. The van der Waals surface area contributed by atoms with Crippen LogP contribution in [0.1, 0.15) is 24.2 Å². The molecule has 0 radical (unpaired) electrons. The molecule has 1 atom stereocenters. The Morgan fingerprint density at radius 2 is 2.29 bits per heavy atom. The molecule has 24 heavy (non-hydrogen) atoms. The predicted molar refractivity (Wildman–Crippen MR) is 90.1 cm³/mol. The predicted octanol–water partition coefficient (Wildman–Crippen LogP) is 2.16. The van der Waals surface area contributed by atoms with Crippen LogP contribution in [0.25, 0.3) is 0 Å². The van der Waals surface area contributed by atoms with Gasteiger partial charge in [0.25, 0.3) is 0 Å². The van der Waals surface area contributed by atoms with Crippen molar-refractivity contribution in [1.29, 1.82) is 0 Å². The van der Waals surface area contributed by atoms with Crippen molar-refractivity contribution < 1.29 is 9.53 Å². The van der Waals surface area contributed by atoms with Crippen molar-refractivity contribution in [3.05, 3.63) is 34.9 Å². The van der Waals surface area contributed by atoms with E-state index in [1.807, 2.05) is 13.8 Å². The van der Waals surface area contributed by atoms with E-state index >= 15 is 0 Å². The molecule has 8 heteroatoms. The van der Waals surface area contributed by atoms with E-state index in [-0.39, 0.29) is 18.6 Å². The molecular weight excluding hydrogens is 330 g/mol. The Hall–Kier alpha value is -1.99. The molecule has 128 valence electrons. The van der Waals surface area contributed by atoms with E-state index in [9.17, 15) is 4.79 Å². The van der Waals surface area contributed by atoms with Gasteiger partial charge in [-0.05, 0) is 32.8 Å². The van der Waals surface area contributed by atoms with Crippen molar-refractivity contribution in [3.63, 3.8) is 0 Å². The van der Waals surface area contributed by atoms with Crippen molar-refractivity contribution in [1.82, 2.24) is 20.0 Å². The van der Waals surface area contributed by atoms with Gasteiger partial charge in [0, 0.05) is 6.61 Å². The van der Waals surface area contributed by atoms with E-state index in [0.717, 1.165) is 30.8 Å². The Morgan fingerprint density at radius 3 is 2.88 bits per heavy atom. The number of rotatable bonds is 5. The molecule has 1 unspecified atom stereocenters. The molecule has 3 rings (SSSR count). The first kappa shape index (κ1) is 16.9. The maximum atomic E-state index is 12.9. The molecule has 2 aromatic rings. The smallest absolute Gasteiger partial charge is 0.248 e. The molecule has 0 N–H and O–H groups in total. The minimum Gasteiger partial charge on any atom is -0.376 e. The first-order chi connectivity index (χ1) is 11.6. The fourth-order valence-electron chi connectivity index (χ4n) is 2.83. The quantitative estimate of drug-likeness (QED) is 0.827. The Bertz CT molecular complexity index is 713.